The van der Waals surface area contributed by atoms with E-state index in [1.165, 1.54) is 0 Å². The molecule has 3 nitrogen and oxygen atoms in total. The predicted octanol–water partition coefficient (Wildman–Crippen LogP) is 1.63. The molecule has 0 radical (unpaired) electrons. The Hall–Kier alpha value is -0.220. The number of carbonyl (C=O) groups is 1. The van der Waals surface area contributed by atoms with E-state index in [1.54, 1.807) is 0 Å². The van der Waals surface area contributed by atoms with Crippen LogP contribution >= 0.6 is 11.8 Å². The van der Waals surface area contributed by atoms with Gasteiger partial charge in [0.2, 0.25) is 5.91 Å². The number of thioether (sulfide) groups is 1. The van der Waals surface area contributed by atoms with Crippen LogP contribution in [0.5, 0.6) is 0 Å². The van der Waals surface area contributed by atoms with Gasteiger partial charge in [0.05, 0.1) is 5.41 Å². The maximum atomic E-state index is 12.2. The highest BCUT2D eigenvalue weighted by Crippen LogP contribution is 2.29. The molecule has 2 N–H and O–H groups in total. The first-order valence-electron chi connectivity index (χ1n) is 6.15. The molecule has 1 heterocycles. The summed E-state index contributed by atoms with van der Waals surface area (Å²) in [5, 5.41) is 6.45. The van der Waals surface area contributed by atoms with Crippen molar-refractivity contribution in [1.29, 1.82) is 0 Å². The van der Waals surface area contributed by atoms with Gasteiger partial charge in [0.1, 0.15) is 0 Å². The Labute approximate surface area is 103 Å². The molecule has 0 aromatic rings. The minimum atomic E-state index is -0.145. The van der Waals surface area contributed by atoms with E-state index < -0.39 is 0 Å². The smallest absolute Gasteiger partial charge is 0.227 e. The van der Waals surface area contributed by atoms with E-state index in [-0.39, 0.29) is 11.3 Å². The average molecular weight is 244 g/mol. The molecule has 0 bridgehead atoms. The highest BCUT2D eigenvalue weighted by molar-refractivity contribution is 7.98. The molecule has 4 heteroatoms. The number of rotatable bonds is 6. The van der Waals surface area contributed by atoms with Gasteiger partial charge in [-0.1, -0.05) is 6.92 Å². The monoisotopic (exact) mass is 244 g/mol. The van der Waals surface area contributed by atoms with E-state index in [4.69, 9.17) is 0 Å². The molecule has 1 rings (SSSR count). The van der Waals surface area contributed by atoms with Crippen LogP contribution in [0.4, 0.5) is 0 Å². The van der Waals surface area contributed by atoms with Crippen molar-refractivity contribution in [2.75, 3.05) is 25.1 Å². The van der Waals surface area contributed by atoms with Crippen LogP contribution in [0.2, 0.25) is 0 Å². The fraction of sp³-hybridized carbons (Fsp3) is 0.917. The first-order valence-corrected chi connectivity index (χ1v) is 7.54. The zero-order chi connectivity index (χ0) is 12.0. The molecule has 1 amide bonds. The van der Waals surface area contributed by atoms with Crippen molar-refractivity contribution < 1.29 is 4.79 Å². The van der Waals surface area contributed by atoms with Crippen LogP contribution < -0.4 is 10.6 Å². The van der Waals surface area contributed by atoms with Gasteiger partial charge in [-0.15, -0.1) is 0 Å². The first-order chi connectivity index (χ1) is 7.64. The summed E-state index contributed by atoms with van der Waals surface area (Å²) < 4.78 is 0. The molecule has 1 fully saturated rings. The standard InChI is InChI=1S/C12H24N2OS/c1-4-12(6-7-13-9-12)11(15)14-10(2)5-8-16-3/h10,13H,4-9H2,1-3H3,(H,14,15). The van der Waals surface area contributed by atoms with Gasteiger partial charge in [-0.3, -0.25) is 4.79 Å². The second-order valence-corrected chi connectivity index (χ2v) is 5.70. The second kappa shape index (κ2) is 6.50. The molecule has 0 aliphatic carbocycles. The Kier molecular flexibility index (Phi) is 5.62. The Morgan fingerprint density at radius 1 is 1.62 bits per heavy atom. The van der Waals surface area contributed by atoms with Gasteiger partial charge in [-0.2, -0.15) is 11.8 Å². The third-order valence-electron chi connectivity index (χ3n) is 3.53. The lowest BCUT2D eigenvalue weighted by Gasteiger charge is -2.27. The van der Waals surface area contributed by atoms with Crippen molar-refractivity contribution in [3.63, 3.8) is 0 Å². The lowest BCUT2D eigenvalue weighted by molar-refractivity contribution is -0.130. The summed E-state index contributed by atoms with van der Waals surface area (Å²) >= 11 is 1.83. The molecule has 0 aromatic heterocycles. The molecule has 2 unspecified atom stereocenters. The largest absolute Gasteiger partial charge is 0.353 e. The van der Waals surface area contributed by atoms with Crippen molar-refractivity contribution in [3.05, 3.63) is 0 Å². The van der Waals surface area contributed by atoms with Gasteiger partial charge in [-0.25, -0.2) is 0 Å². The minimum Gasteiger partial charge on any atom is -0.353 e. The number of hydrogen-bond donors (Lipinski definition) is 2. The normalized spacial score (nSPS) is 26.7. The molecule has 2 atom stereocenters. The Balaban J connectivity index is 2.43. The van der Waals surface area contributed by atoms with Crippen molar-refractivity contribution in [3.8, 4) is 0 Å². The van der Waals surface area contributed by atoms with E-state index >= 15 is 0 Å². The highest BCUT2D eigenvalue weighted by atomic mass is 32.2. The summed E-state index contributed by atoms with van der Waals surface area (Å²) in [6.45, 7) is 6.02. The van der Waals surface area contributed by atoms with Gasteiger partial charge >= 0.3 is 0 Å². The van der Waals surface area contributed by atoms with E-state index in [2.05, 4.69) is 30.7 Å². The van der Waals surface area contributed by atoms with Crippen molar-refractivity contribution in [1.82, 2.24) is 10.6 Å². The topological polar surface area (TPSA) is 41.1 Å². The Bertz CT molecular complexity index is 227. The Morgan fingerprint density at radius 2 is 2.38 bits per heavy atom. The quantitative estimate of drug-likeness (QED) is 0.746. The zero-order valence-electron chi connectivity index (χ0n) is 10.6. The van der Waals surface area contributed by atoms with Gasteiger partial charge in [0.25, 0.3) is 0 Å². The summed E-state index contributed by atoms with van der Waals surface area (Å²) in [5.41, 5.74) is -0.145. The van der Waals surface area contributed by atoms with Gasteiger partial charge in [-0.05, 0) is 44.7 Å². The van der Waals surface area contributed by atoms with Crippen LogP contribution in [-0.2, 0) is 4.79 Å². The lowest BCUT2D eigenvalue weighted by atomic mass is 9.83. The van der Waals surface area contributed by atoms with Gasteiger partial charge in [0.15, 0.2) is 0 Å². The first kappa shape index (κ1) is 13.8. The molecule has 1 aliphatic rings. The summed E-state index contributed by atoms with van der Waals surface area (Å²) in [4.78, 5) is 12.2. The number of nitrogens with one attached hydrogen (secondary N) is 2. The van der Waals surface area contributed by atoms with Crippen LogP contribution in [0.15, 0.2) is 0 Å². The van der Waals surface area contributed by atoms with E-state index in [1.807, 2.05) is 11.8 Å². The molecule has 1 saturated heterocycles. The zero-order valence-corrected chi connectivity index (χ0v) is 11.5. The predicted molar refractivity (Wildman–Crippen MR) is 70.8 cm³/mol. The SMILES string of the molecule is CCC1(C(=O)NC(C)CCSC)CCNC1. The molecule has 0 aromatic carbocycles. The molecular weight excluding hydrogens is 220 g/mol. The van der Waals surface area contributed by atoms with Crippen molar-refractivity contribution in [2.24, 2.45) is 5.41 Å². The number of amides is 1. The highest BCUT2D eigenvalue weighted by Gasteiger charge is 2.39. The minimum absolute atomic E-state index is 0.145. The summed E-state index contributed by atoms with van der Waals surface area (Å²) in [7, 11) is 0. The molecule has 94 valence electrons. The van der Waals surface area contributed by atoms with E-state index in [0.29, 0.717) is 6.04 Å². The second-order valence-electron chi connectivity index (χ2n) is 4.72. The molecule has 1 aliphatic heterocycles. The van der Waals surface area contributed by atoms with Gasteiger partial charge in [0, 0.05) is 12.6 Å². The Morgan fingerprint density at radius 3 is 2.88 bits per heavy atom. The number of hydrogen-bond acceptors (Lipinski definition) is 3. The van der Waals surface area contributed by atoms with Crippen LogP contribution in [0.1, 0.15) is 33.1 Å². The van der Waals surface area contributed by atoms with Gasteiger partial charge < -0.3 is 10.6 Å². The maximum absolute atomic E-state index is 12.2. The molecule has 16 heavy (non-hydrogen) atoms. The van der Waals surface area contributed by atoms with Crippen LogP contribution in [0.25, 0.3) is 0 Å². The van der Waals surface area contributed by atoms with Crippen LogP contribution in [-0.4, -0.2) is 37.0 Å². The summed E-state index contributed by atoms with van der Waals surface area (Å²) in [5.74, 6) is 1.35. The fourth-order valence-corrected chi connectivity index (χ4v) is 2.73. The third-order valence-corrected chi connectivity index (χ3v) is 4.18. The third kappa shape index (κ3) is 3.39. The van der Waals surface area contributed by atoms with Crippen LogP contribution in [0, 0.1) is 5.41 Å². The van der Waals surface area contributed by atoms with E-state index in [9.17, 15) is 4.79 Å². The fourth-order valence-electron chi connectivity index (χ4n) is 2.14. The van der Waals surface area contributed by atoms with Crippen LogP contribution in [0.3, 0.4) is 0 Å². The molecular formula is C12H24N2OS. The van der Waals surface area contributed by atoms with Crippen molar-refractivity contribution in [2.45, 2.75) is 39.2 Å². The van der Waals surface area contributed by atoms with E-state index in [0.717, 1.165) is 38.1 Å². The summed E-state index contributed by atoms with van der Waals surface area (Å²) in [6, 6.07) is 0.295. The summed E-state index contributed by atoms with van der Waals surface area (Å²) in [6.07, 6.45) is 5.06. The lowest BCUT2D eigenvalue weighted by Crippen LogP contribution is -2.45. The molecule has 0 spiro atoms. The number of carbonyl (C=O) groups excluding carboxylic acids is 1. The van der Waals surface area contributed by atoms with Crippen molar-refractivity contribution >= 4 is 17.7 Å². The average Bonchev–Trinajstić information content (AvgIpc) is 2.76. The maximum Gasteiger partial charge on any atom is 0.227 e. The molecule has 0 saturated carbocycles.